The fraction of sp³-hybridized carbons (Fsp3) is 0.0769. The minimum atomic E-state index is 0.586. The fourth-order valence-electron chi connectivity index (χ4n) is 1.38. The van der Waals surface area contributed by atoms with Crippen molar-refractivity contribution >= 4 is 17.3 Å². The van der Waals surface area contributed by atoms with Crippen molar-refractivity contribution in [2.45, 2.75) is 6.92 Å². The summed E-state index contributed by atoms with van der Waals surface area (Å²) in [4.78, 5) is 0. The third kappa shape index (κ3) is 2.28. The Bertz CT molecular complexity index is 511. The van der Waals surface area contributed by atoms with Crippen LogP contribution < -0.4 is 10.5 Å². The summed E-state index contributed by atoms with van der Waals surface area (Å²) >= 11 is 6.07. The average molecular weight is 234 g/mol. The molecule has 0 fully saturated rings. The molecule has 0 saturated carbocycles. The lowest BCUT2D eigenvalue weighted by Crippen LogP contribution is -1.92. The van der Waals surface area contributed by atoms with E-state index in [1.165, 1.54) is 0 Å². The standard InChI is InChI=1S/C13H12ClNO/c1-9-6-7-12(10(14)8-9)16-13-5-3-2-4-11(13)15/h2-8H,15H2,1H3. The Balaban J connectivity index is 2.31. The summed E-state index contributed by atoms with van der Waals surface area (Å²) in [6.45, 7) is 1.98. The lowest BCUT2D eigenvalue weighted by Gasteiger charge is -2.09. The van der Waals surface area contributed by atoms with Crippen molar-refractivity contribution in [3.8, 4) is 11.5 Å². The molecule has 2 aromatic carbocycles. The maximum absolute atomic E-state index is 6.07. The molecule has 16 heavy (non-hydrogen) atoms. The van der Waals surface area contributed by atoms with Crippen LogP contribution in [-0.2, 0) is 0 Å². The molecular weight excluding hydrogens is 222 g/mol. The van der Waals surface area contributed by atoms with E-state index in [4.69, 9.17) is 22.1 Å². The molecular formula is C13H12ClNO. The number of benzene rings is 2. The SMILES string of the molecule is Cc1ccc(Oc2ccccc2N)c(Cl)c1. The Kier molecular flexibility index (Phi) is 3.02. The maximum Gasteiger partial charge on any atom is 0.150 e. The molecule has 0 aliphatic carbocycles. The second kappa shape index (κ2) is 4.45. The molecule has 0 aromatic heterocycles. The molecule has 0 saturated heterocycles. The number of anilines is 1. The Morgan fingerprint density at radius 3 is 2.50 bits per heavy atom. The molecule has 2 rings (SSSR count). The summed E-state index contributed by atoms with van der Waals surface area (Å²) in [6, 6.07) is 13.0. The second-order valence-electron chi connectivity index (χ2n) is 3.57. The van der Waals surface area contributed by atoms with Gasteiger partial charge in [-0.1, -0.05) is 29.8 Å². The van der Waals surface area contributed by atoms with Crippen molar-refractivity contribution in [2.24, 2.45) is 0 Å². The summed E-state index contributed by atoms with van der Waals surface area (Å²) in [5.74, 6) is 1.23. The molecule has 0 aliphatic heterocycles. The van der Waals surface area contributed by atoms with Gasteiger partial charge in [0.15, 0.2) is 0 Å². The monoisotopic (exact) mass is 233 g/mol. The minimum absolute atomic E-state index is 0.586. The average Bonchev–Trinajstić information content (AvgIpc) is 2.25. The summed E-state index contributed by atoms with van der Waals surface area (Å²) in [7, 11) is 0. The zero-order valence-electron chi connectivity index (χ0n) is 8.91. The predicted molar refractivity (Wildman–Crippen MR) is 67.1 cm³/mol. The third-order valence-electron chi connectivity index (χ3n) is 2.23. The van der Waals surface area contributed by atoms with Crippen LogP contribution >= 0.6 is 11.6 Å². The van der Waals surface area contributed by atoms with Gasteiger partial charge in [0.2, 0.25) is 0 Å². The van der Waals surface area contributed by atoms with Crippen molar-refractivity contribution in [3.05, 3.63) is 53.1 Å². The van der Waals surface area contributed by atoms with Gasteiger partial charge in [-0.05, 0) is 36.8 Å². The zero-order chi connectivity index (χ0) is 11.5. The molecule has 0 aliphatic rings. The van der Waals surface area contributed by atoms with Gasteiger partial charge >= 0.3 is 0 Å². The van der Waals surface area contributed by atoms with E-state index in [1.807, 2.05) is 43.3 Å². The van der Waals surface area contributed by atoms with Crippen molar-refractivity contribution in [3.63, 3.8) is 0 Å². The Morgan fingerprint density at radius 2 is 1.81 bits per heavy atom. The highest BCUT2D eigenvalue weighted by atomic mass is 35.5. The number of nitrogens with two attached hydrogens (primary N) is 1. The van der Waals surface area contributed by atoms with Gasteiger partial charge in [0.05, 0.1) is 10.7 Å². The first-order valence-corrected chi connectivity index (χ1v) is 5.33. The van der Waals surface area contributed by atoms with Gasteiger partial charge < -0.3 is 10.5 Å². The Hall–Kier alpha value is -1.67. The van der Waals surface area contributed by atoms with Crippen LogP contribution in [0.5, 0.6) is 11.5 Å². The van der Waals surface area contributed by atoms with E-state index in [9.17, 15) is 0 Å². The normalized spacial score (nSPS) is 10.1. The smallest absolute Gasteiger partial charge is 0.150 e. The highest BCUT2D eigenvalue weighted by Crippen LogP contribution is 2.32. The van der Waals surface area contributed by atoms with E-state index in [2.05, 4.69) is 0 Å². The molecule has 2 nitrogen and oxygen atoms in total. The first kappa shape index (κ1) is 10.8. The van der Waals surface area contributed by atoms with E-state index in [0.29, 0.717) is 22.2 Å². The van der Waals surface area contributed by atoms with Crippen LogP contribution in [-0.4, -0.2) is 0 Å². The van der Waals surface area contributed by atoms with Gasteiger partial charge in [0.25, 0.3) is 0 Å². The highest BCUT2D eigenvalue weighted by molar-refractivity contribution is 6.32. The minimum Gasteiger partial charge on any atom is -0.454 e. The lowest BCUT2D eigenvalue weighted by molar-refractivity contribution is 0.485. The summed E-state index contributed by atoms with van der Waals surface area (Å²) < 4.78 is 5.64. The van der Waals surface area contributed by atoms with Crippen LogP contribution in [0.25, 0.3) is 0 Å². The first-order valence-electron chi connectivity index (χ1n) is 4.95. The lowest BCUT2D eigenvalue weighted by atomic mass is 10.2. The van der Waals surface area contributed by atoms with E-state index in [-0.39, 0.29) is 0 Å². The number of hydrogen-bond donors (Lipinski definition) is 1. The van der Waals surface area contributed by atoms with Gasteiger partial charge in [-0.25, -0.2) is 0 Å². The Labute approximate surface area is 99.6 Å². The van der Waals surface area contributed by atoms with E-state index >= 15 is 0 Å². The number of aryl methyl sites for hydroxylation is 1. The number of ether oxygens (including phenoxy) is 1. The second-order valence-corrected chi connectivity index (χ2v) is 3.98. The first-order chi connectivity index (χ1) is 7.66. The number of hydrogen-bond acceptors (Lipinski definition) is 2. The van der Waals surface area contributed by atoms with E-state index in [1.54, 1.807) is 6.07 Å². The molecule has 0 atom stereocenters. The van der Waals surface area contributed by atoms with Crippen LogP contribution in [0.2, 0.25) is 5.02 Å². The molecule has 0 bridgehead atoms. The van der Waals surface area contributed by atoms with Gasteiger partial charge in [-0.15, -0.1) is 0 Å². The molecule has 0 spiro atoms. The van der Waals surface area contributed by atoms with Crippen molar-refractivity contribution in [2.75, 3.05) is 5.73 Å². The van der Waals surface area contributed by atoms with Gasteiger partial charge in [0.1, 0.15) is 11.5 Å². The zero-order valence-corrected chi connectivity index (χ0v) is 9.66. The van der Waals surface area contributed by atoms with Gasteiger partial charge in [-0.3, -0.25) is 0 Å². The molecule has 0 unspecified atom stereocenters. The highest BCUT2D eigenvalue weighted by Gasteiger charge is 2.05. The molecule has 0 heterocycles. The van der Waals surface area contributed by atoms with Crippen LogP contribution in [0.4, 0.5) is 5.69 Å². The van der Waals surface area contributed by atoms with Gasteiger partial charge in [0, 0.05) is 0 Å². The van der Waals surface area contributed by atoms with E-state index in [0.717, 1.165) is 5.56 Å². The number of para-hydroxylation sites is 2. The van der Waals surface area contributed by atoms with Crippen LogP contribution in [0.3, 0.4) is 0 Å². The topological polar surface area (TPSA) is 35.2 Å². The summed E-state index contributed by atoms with van der Waals surface area (Å²) in [6.07, 6.45) is 0. The van der Waals surface area contributed by atoms with Gasteiger partial charge in [-0.2, -0.15) is 0 Å². The predicted octanol–water partition coefficient (Wildman–Crippen LogP) is 4.02. The van der Waals surface area contributed by atoms with Crippen LogP contribution in [0.1, 0.15) is 5.56 Å². The summed E-state index contributed by atoms with van der Waals surface area (Å²) in [5, 5.41) is 0.586. The van der Waals surface area contributed by atoms with Crippen LogP contribution in [0.15, 0.2) is 42.5 Å². The van der Waals surface area contributed by atoms with Crippen molar-refractivity contribution in [1.82, 2.24) is 0 Å². The molecule has 82 valence electrons. The molecule has 2 N–H and O–H groups in total. The van der Waals surface area contributed by atoms with E-state index < -0.39 is 0 Å². The van der Waals surface area contributed by atoms with Crippen LogP contribution in [0, 0.1) is 6.92 Å². The fourth-order valence-corrected chi connectivity index (χ4v) is 1.65. The van der Waals surface area contributed by atoms with Crippen molar-refractivity contribution < 1.29 is 4.74 Å². The third-order valence-corrected chi connectivity index (χ3v) is 2.52. The number of halogens is 1. The molecule has 3 heteroatoms. The molecule has 0 amide bonds. The number of rotatable bonds is 2. The largest absolute Gasteiger partial charge is 0.454 e. The maximum atomic E-state index is 6.07. The Morgan fingerprint density at radius 1 is 1.06 bits per heavy atom. The molecule has 2 aromatic rings. The summed E-state index contributed by atoms with van der Waals surface area (Å²) in [5.41, 5.74) is 7.47. The molecule has 0 radical (unpaired) electrons. The van der Waals surface area contributed by atoms with Crippen molar-refractivity contribution in [1.29, 1.82) is 0 Å². The number of nitrogen functional groups attached to an aromatic ring is 1. The quantitative estimate of drug-likeness (QED) is 0.795.